The maximum atomic E-state index is 11.7. The molecule has 0 saturated heterocycles. The number of amides is 2. The molecule has 2 amide bonds. The largest absolute Gasteiger partial charge is 0.383 e. The van der Waals surface area contributed by atoms with Crippen molar-refractivity contribution in [2.45, 2.75) is 6.42 Å². The van der Waals surface area contributed by atoms with Gasteiger partial charge in [0.2, 0.25) is 5.91 Å². The Morgan fingerprint density at radius 1 is 1.53 bits per heavy atom. The number of rotatable bonds is 5. The molecule has 9 heteroatoms. The predicted molar refractivity (Wildman–Crippen MR) is 66.3 cm³/mol. The normalized spacial score (nSPS) is 9.74. The number of anilines is 1. The smallest absolute Gasteiger partial charge is 0.288 e. The van der Waals surface area contributed by atoms with E-state index >= 15 is 0 Å². The average Bonchev–Trinajstić information content (AvgIpc) is 2.38. The SMILES string of the molecule is CNC(=O)CCNC(=O)c1cc([N+](=O)[O-])cnc1N. The van der Waals surface area contributed by atoms with Crippen LogP contribution in [-0.4, -0.2) is 35.3 Å². The summed E-state index contributed by atoms with van der Waals surface area (Å²) in [5.74, 6) is -0.953. The molecular formula is C10H13N5O4. The molecular weight excluding hydrogens is 254 g/mol. The number of nitrogen functional groups attached to an aromatic ring is 1. The van der Waals surface area contributed by atoms with E-state index in [1.165, 1.54) is 7.05 Å². The fourth-order valence-corrected chi connectivity index (χ4v) is 1.26. The fourth-order valence-electron chi connectivity index (χ4n) is 1.26. The lowest BCUT2D eigenvalue weighted by Gasteiger charge is -2.06. The van der Waals surface area contributed by atoms with Gasteiger partial charge in [-0.2, -0.15) is 0 Å². The number of carbonyl (C=O) groups is 2. The molecule has 19 heavy (non-hydrogen) atoms. The number of carbonyl (C=O) groups excluding carboxylic acids is 2. The minimum Gasteiger partial charge on any atom is -0.383 e. The van der Waals surface area contributed by atoms with E-state index in [0.29, 0.717) is 0 Å². The van der Waals surface area contributed by atoms with Crippen LogP contribution < -0.4 is 16.4 Å². The van der Waals surface area contributed by atoms with Gasteiger partial charge in [0.25, 0.3) is 11.6 Å². The number of aromatic nitrogens is 1. The highest BCUT2D eigenvalue weighted by Crippen LogP contribution is 2.16. The Bertz CT molecular complexity index is 517. The second-order valence-corrected chi connectivity index (χ2v) is 3.56. The van der Waals surface area contributed by atoms with Crippen LogP contribution in [0.4, 0.5) is 11.5 Å². The minimum atomic E-state index is -0.673. The van der Waals surface area contributed by atoms with Gasteiger partial charge < -0.3 is 16.4 Å². The molecule has 9 nitrogen and oxygen atoms in total. The molecule has 0 saturated carbocycles. The Balaban J connectivity index is 2.73. The molecule has 0 bridgehead atoms. The molecule has 0 spiro atoms. The Kier molecular flexibility index (Phi) is 4.75. The summed E-state index contributed by atoms with van der Waals surface area (Å²) in [6.45, 7) is 0.0979. The Hall–Kier alpha value is -2.71. The van der Waals surface area contributed by atoms with Crippen molar-refractivity contribution in [1.82, 2.24) is 15.6 Å². The van der Waals surface area contributed by atoms with Crippen molar-refractivity contribution >= 4 is 23.3 Å². The molecule has 1 aromatic rings. The van der Waals surface area contributed by atoms with Crippen molar-refractivity contribution in [3.63, 3.8) is 0 Å². The second kappa shape index (κ2) is 6.28. The Morgan fingerprint density at radius 3 is 2.79 bits per heavy atom. The summed E-state index contributed by atoms with van der Waals surface area (Å²) in [6.07, 6.45) is 1.07. The average molecular weight is 267 g/mol. The highest BCUT2D eigenvalue weighted by molar-refractivity contribution is 5.99. The zero-order chi connectivity index (χ0) is 14.4. The van der Waals surface area contributed by atoms with Crippen LogP contribution in [0.2, 0.25) is 0 Å². The minimum absolute atomic E-state index is 0.0916. The Morgan fingerprint density at radius 2 is 2.21 bits per heavy atom. The third-order valence-electron chi connectivity index (χ3n) is 2.28. The number of nitrogens with two attached hydrogens (primary N) is 1. The van der Waals surface area contributed by atoms with E-state index in [0.717, 1.165) is 12.3 Å². The third kappa shape index (κ3) is 3.91. The highest BCUT2D eigenvalue weighted by Gasteiger charge is 2.16. The lowest BCUT2D eigenvalue weighted by atomic mass is 10.2. The maximum Gasteiger partial charge on any atom is 0.288 e. The topological polar surface area (TPSA) is 140 Å². The van der Waals surface area contributed by atoms with Gasteiger partial charge in [0.15, 0.2) is 0 Å². The molecule has 0 aliphatic carbocycles. The standard InChI is InChI=1S/C10H13N5O4/c1-12-8(16)2-3-13-10(17)7-4-6(15(18)19)5-14-9(7)11/h4-5H,2-3H2,1H3,(H2,11,14)(H,12,16)(H,13,17). The lowest BCUT2D eigenvalue weighted by Crippen LogP contribution is -2.29. The highest BCUT2D eigenvalue weighted by atomic mass is 16.6. The summed E-state index contributed by atoms with van der Waals surface area (Å²) >= 11 is 0. The fraction of sp³-hybridized carbons (Fsp3) is 0.300. The van der Waals surface area contributed by atoms with Crippen molar-refractivity contribution < 1.29 is 14.5 Å². The van der Waals surface area contributed by atoms with Crippen molar-refractivity contribution in [2.24, 2.45) is 0 Å². The molecule has 0 aliphatic rings. The molecule has 0 fully saturated rings. The summed E-state index contributed by atoms with van der Waals surface area (Å²) in [6, 6.07) is 1.04. The number of pyridine rings is 1. The van der Waals surface area contributed by atoms with E-state index in [4.69, 9.17) is 5.73 Å². The van der Waals surface area contributed by atoms with Crippen LogP contribution >= 0.6 is 0 Å². The van der Waals surface area contributed by atoms with E-state index in [-0.39, 0.29) is 35.9 Å². The summed E-state index contributed by atoms with van der Waals surface area (Å²) in [4.78, 5) is 36.1. The second-order valence-electron chi connectivity index (χ2n) is 3.56. The van der Waals surface area contributed by atoms with Crippen LogP contribution in [0.1, 0.15) is 16.8 Å². The van der Waals surface area contributed by atoms with Gasteiger partial charge in [0.1, 0.15) is 12.0 Å². The first-order valence-electron chi connectivity index (χ1n) is 5.34. The van der Waals surface area contributed by atoms with Crippen molar-refractivity contribution in [3.05, 3.63) is 27.9 Å². The molecule has 0 radical (unpaired) electrons. The summed E-state index contributed by atoms with van der Waals surface area (Å²) in [5.41, 5.74) is 5.05. The summed E-state index contributed by atoms with van der Waals surface area (Å²) in [5, 5.41) is 15.4. The quantitative estimate of drug-likeness (QED) is 0.482. The summed E-state index contributed by atoms with van der Waals surface area (Å²) in [7, 11) is 1.48. The first kappa shape index (κ1) is 14.4. The number of nitrogens with one attached hydrogen (secondary N) is 2. The van der Waals surface area contributed by atoms with Gasteiger partial charge in [0.05, 0.1) is 10.5 Å². The molecule has 4 N–H and O–H groups in total. The summed E-state index contributed by atoms with van der Waals surface area (Å²) < 4.78 is 0. The van der Waals surface area contributed by atoms with Gasteiger partial charge in [-0.25, -0.2) is 4.98 Å². The third-order valence-corrected chi connectivity index (χ3v) is 2.28. The molecule has 0 aromatic carbocycles. The van der Waals surface area contributed by atoms with Gasteiger partial charge in [0, 0.05) is 26.1 Å². The molecule has 0 aliphatic heterocycles. The van der Waals surface area contributed by atoms with Gasteiger partial charge in [-0.15, -0.1) is 0 Å². The van der Waals surface area contributed by atoms with E-state index in [1.807, 2.05) is 0 Å². The van der Waals surface area contributed by atoms with Crippen molar-refractivity contribution in [2.75, 3.05) is 19.3 Å². The number of hydrogen-bond acceptors (Lipinski definition) is 6. The molecule has 1 rings (SSSR count). The monoisotopic (exact) mass is 267 g/mol. The van der Waals surface area contributed by atoms with Crippen LogP contribution in [0.25, 0.3) is 0 Å². The number of nitrogens with zero attached hydrogens (tertiary/aromatic N) is 2. The van der Waals surface area contributed by atoms with Crippen LogP contribution in [0.3, 0.4) is 0 Å². The van der Waals surface area contributed by atoms with Crippen LogP contribution in [0, 0.1) is 10.1 Å². The zero-order valence-corrected chi connectivity index (χ0v) is 10.2. The van der Waals surface area contributed by atoms with E-state index < -0.39 is 10.8 Å². The van der Waals surface area contributed by atoms with Crippen molar-refractivity contribution in [3.8, 4) is 0 Å². The molecule has 1 aromatic heterocycles. The van der Waals surface area contributed by atoms with Crippen LogP contribution in [0.15, 0.2) is 12.3 Å². The van der Waals surface area contributed by atoms with Crippen molar-refractivity contribution in [1.29, 1.82) is 0 Å². The maximum absolute atomic E-state index is 11.7. The van der Waals surface area contributed by atoms with E-state index in [1.54, 1.807) is 0 Å². The molecule has 0 atom stereocenters. The number of nitro groups is 1. The lowest BCUT2D eigenvalue weighted by molar-refractivity contribution is -0.385. The van der Waals surface area contributed by atoms with Gasteiger partial charge >= 0.3 is 0 Å². The molecule has 1 heterocycles. The van der Waals surface area contributed by atoms with Crippen LogP contribution in [0.5, 0.6) is 0 Å². The first-order chi connectivity index (χ1) is 8.95. The number of hydrogen-bond donors (Lipinski definition) is 3. The Labute approximate surface area is 108 Å². The van der Waals surface area contributed by atoms with E-state index in [9.17, 15) is 19.7 Å². The van der Waals surface area contributed by atoms with Gasteiger partial charge in [-0.1, -0.05) is 0 Å². The van der Waals surface area contributed by atoms with E-state index in [2.05, 4.69) is 15.6 Å². The molecule has 0 unspecified atom stereocenters. The predicted octanol–water partition coefficient (Wildman–Crippen LogP) is -0.562. The van der Waals surface area contributed by atoms with Gasteiger partial charge in [-0.3, -0.25) is 19.7 Å². The van der Waals surface area contributed by atoms with Gasteiger partial charge in [-0.05, 0) is 0 Å². The zero-order valence-electron chi connectivity index (χ0n) is 10.2. The molecule has 102 valence electrons. The first-order valence-corrected chi connectivity index (χ1v) is 5.34. The van der Waals surface area contributed by atoms with Crippen LogP contribution in [-0.2, 0) is 4.79 Å².